The molecule has 7 nitrogen and oxygen atoms in total. The smallest absolute Gasteiger partial charge is 0.287 e. The molecule has 1 aliphatic carbocycles. The fourth-order valence-electron chi connectivity index (χ4n) is 3.62. The molecule has 0 unspecified atom stereocenters. The van der Waals surface area contributed by atoms with Gasteiger partial charge in [-0.05, 0) is 37.1 Å². The molecule has 1 aliphatic heterocycles. The molecule has 0 radical (unpaired) electrons. The first-order chi connectivity index (χ1) is 13.7. The van der Waals surface area contributed by atoms with Gasteiger partial charge in [0.15, 0.2) is 22.9 Å². The van der Waals surface area contributed by atoms with Crippen LogP contribution in [-0.2, 0) is 0 Å². The molecule has 2 aromatic heterocycles. The predicted molar refractivity (Wildman–Crippen MR) is 105 cm³/mol. The SMILES string of the molecule is COc1cccc2cc(C(=O)NCC3CN(c4ccc(C5CC5)nn4)C3)oc12. The molecule has 28 heavy (non-hydrogen) atoms. The van der Waals surface area contributed by atoms with Crippen LogP contribution in [0.2, 0.25) is 0 Å². The number of hydrogen-bond donors (Lipinski definition) is 1. The lowest BCUT2D eigenvalue weighted by Gasteiger charge is -2.39. The van der Waals surface area contributed by atoms with Gasteiger partial charge >= 0.3 is 0 Å². The highest BCUT2D eigenvalue weighted by atomic mass is 16.5. The zero-order valence-corrected chi connectivity index (χ0v) is 15.7. The molecule has 3 aromatic rings. The lowest BCUT2D eigenvalue weighted by Crippen LogP contribution is -2.51. The van der Waals surface area contributed by atoms with E-state index in [1.807, 2.05) is 18.2 Å². The quantitative estimate of drug-likeness (QED) is 0.710. The summed E-state index contributed by atoms with van der Waals surface area (Å²) in [6.07, 6.45) is 2.47. The summed E-state index contributed by atoms with van der Waals surface area (Å²) in [6, 6.07) is 11.5. The maximum absolute atomic E-state index is 12.4. The van der Waals surface area contributed by atoms with Crippen LogP contribution in [0.15, 0.2) is 40.8 Å². The average molecular weight is 378 g/mol. The van der Waals surface area contributed by atoms with Crippen molar-refractivity contribution >= 4 is 22.7 Å². The van der Waals surface area contributed by atoms with E-state index < -0.39 is 0 Å². The topological polar surface area (TPSA) is 80.5 Å². The van der Waals surface area contributed by atoms with Gasteiger partial charge in [-0.25, -0.2) is 0 Å². The number of amides is 1. The van der Waals surface area contributed by atoms with Crippen molar-refractivity contribution in [1.29, 1.82) is 0 Å². The standard InChI is InChI=1S/C21H22N4O3/c1-27-17-4-2-3-15-9-18(28-20(15)17)21(26)22-10-13-11-25(12-13)19-8-7-16(23-24-19)14-5-6-14/h2-4,7-9,13-14H,5-6,10-12H2,1H3,(H,22,26). The second-order valence-electron chi connectivity index (χ2n) is 7.56. The molecule has 0 spiro atoms. The van der Waals surface area contributed by atoms with Crippen LogP contribution in [0.5, 0.6) is 5.75 Å². The molecule has 1 aromatic carbocycles. The molecule has 3 heterocycles. The minimum absolute atomic E-state index is 0.203. The van der Waals surface area contributed by atoms with Crippen LogP contribution in [0.3, 0.4) is 0 Å². The number of fused-ring (bicyclic) bond motifs is 1. The van der Waals surface area contributed by atoms with Crippen molar-refractivity contribution in [2.45, 2.75) is 18.8 Å². The van der Waals surface area contributed by atoms with Crippen molar-refractivity contribution < 1.29 is 13.9 Å². The fraction of sp³-hybridized carbons (Fsp3) is 0.381. The first kappa shape index (κ1) is 17.0. The van der Waals surface area contributed by atoms with Gasteiger partial charge in [-0.3, -0.25) is 4.79 Å². The first-order valence-electron chi connectivity index (χ1n) is 9.64. The third-order valence-corrected chi connectivity index (χ3v) is 5.45. The summed E-state index contributed by atoms with van der Waals surface area (Å²) < 4.78 is 11.0. The summed E-state index contributed by atoms with van der Waals surface area (Å²) in [5.74, 6) is 2.66. The highest BCUT2D eigenvalue weighted by Gasteiger charge is 2.30. The number of anilines is 1. The van der Waals surface area contributed by atoms with Crippen molar-refractivity contribution in [2.75, 3.05) is 31.6 Å². The Labute approximate surface area is 162 Å². The molecule has 2 aliphatic rings. The van der Waals surface area contributed by atoms with Crippen LogP contribution in [0.4, 0.5) is 5.82 Å². The van der Waals surface area contributed by atoms with Gasteiger partial charge in [0.25, 0.3) is 5.91 Å². The number of hydrogen-bond acceptors (Lipinski definition) is 6. The normalized spacial score (nSPS) is 16.8. The molecule has 0 atom stereocenters. The number of carbonyl (C=O) groups is 1. The number of carbonyl (C=O) groups excluding carboxylic acids is 1. The first-order valence-corrected chi connectivity index (χ1v) is 9.64. The van der Waals surface area contributed by atoms with Gasteiger partial charge in [0, 0.05) is 36.9 Å². The van der Waals surface area contributed by atoms with E-state index in [0.29, 0.717) is 35.5 Å². The van der Waals surface area contributed by atoms with Gasteiger partial charge in [0.05, 0.1) is 12.8 Å². The molecular formula is C21H22N4O3. The van der Waals surface area contributed by atoms with Crippen molar-refractivity contribution in [3.05, 3.63) is 47.9 Å². The predicted octanol–water partition coefficient (Wildman–Crippen LogP) is 2.98. The molecular weight excluding hydrogens is 356 g/mol. The minimum atomic E-state index is -0.203. The molecule has 5 rings (SSSR count). The van der Waals surface area contributed by atoms with Gasteiger partial charge in [-0.2, -0.15) is 5.10 Å². The van der Waals surface area contributed by atoms with Crippen molar-refractivity contribution in [3.63, 3.8) is 0 Å². The van der Waals surface area contributed by atoms with Gasteiger partial charge in [0.1, 0.15) is 0 Å². The summed E-state index contributed by atoms with van der Waals surface area (Å²) in [5, 5.41) is 12.5. The van der Waals surface area contributed by atoms with Crippen LogP contribution in [0, 0.1) is 5.92 Å². The summed E-state index contributed by atoms with van der Waals surface area (Å²) in [5.41, 5.74) is 1.70. The maximum Gasteiger partial charge on any atom is 0.287 e. The fourth-order valence-corrected chi connectivity index (χ4v) is 3.62. The Morgan fingerprint density at radius 1 is 1.25 bits per heavy atom. The number of rotatable bonds is 6. The number of furan rings is 1. The lowest BCUT2D eigenvalue weighted by atomic mass is 10.00. The Balaban J connectivity index is 1.15. The van der Waals surface area contributed by atoms with Crippen molar-refractivity contribution in [3.8, 4) is 5.75 Å². The van der Waals surface area contributed by atoms with Gasteiger partial charge in [-0.15, -0.1) is 5.10 Å². The monoisotopic (exact) mass is 378 g/mol. The van der Waals surface area contributed by atoms with Gasteiger partial charge in [-0.1, -0.05) is 12.1 Å². The zero-order chi connectivity index (χ0) is 19.1. The highest BCUT2D eigenvalue weighted by molar-refractivity contribution is 5.97. The van der Waals surface area contributed by atoms with Crippen molar-refractivity contribution in [1.82, 2.24) is 15.5 Å². The number of ether oxygens (including phenoxy) is 1. The highest BCUT2D eigenvalue weighted by Crippen LogP contribution is 2.39. The van der Waals surface area contributed by atoms with E-state index in [9.17, 15) is 4.79 Å². The average Bonchev–Trinajstić information content (AvgIpc) is 3.44. The molecule has 1 amide bonds. The number of aromatic nitrogens is 2. The Kier molecular flexibility index (Phi) is 4.15. The second kappa shape index (κ2) is 6.82. The van der Waals surface area contributed by atoms with E-state index in [-0.39, 0.29) is 5.91 Å². The second-order valence-corrected chi connectivity index (χ2v) is 7.56. The van der Waals surface area contributed by atoms with E-state index in [1.54, 1.807) is 13.2 Å². The van der Waals surface area contributed by atoms with Crippen molar-refractivity contribution in [2.24, 2.45) is 5.92 Å². The number of nitrogens with zero attached hydrogens (tertiary/aromatic N) is 3. The molecule has 2 fully saturated rings. The largest absolute Gasteiger partial charge is 0.493 e. The third-order valence-electron chi connectivity index (χ3n) is 5.45. The van der Waals surface area contributed by atoms with E-state index in [1.165, 1.54) is 12.8 Å². The third kappa shape index (κ3) is 3.17. The van der Waals surface area contributed by atoms with Crippen LogP contribution in [-0.4, -0.2) is 42.8 Å². The van der Waals surface area contributed by atoms with Crippen LogP contribution >= 0.6 is 0 Å². The molecule has 1 N–H and O–H groups in total. The van der Waals surface area contributed by atoms with Crippen LogP contribution in [0.1, 0.15) is 35.0 Å². The van der Waals surface area contributed by atoms with E-state index in [4.69, 9.17) is 9.15 Å². The number of para-hydroxylation sites is 1. The molecule has 0 bridgehead atoms. The summed E-state index contributed by atoms with van der Waals surface area (Å²) in [4.78, 5) is 14.6. The molecule has 7 heteroatoms. The summed E-state index contributed by atoms with van der Waals surface area (Å²) in [6.45, 7) is 2.34. The summed E-state index contributed by atoms with van der Waals surface area (Å²) in [7, 11) is 1.59. The van der Waals surface area contributed by atoms with Crippen LogP contribution in [0.25, 0.3) is 11.0 Å². The van der Waals surface area contributed by atoms with Gasteiger partial charge < -0.3 is 19.4 Å². The number of methoxy groups -OCH3 is 1. The number of nitrogens with one attached hydrogen (secondary N) is 1. The summed E-state index contributed by atoms with van der Waals surface area (Å²) >= 11 is 0. The van der Waals surface area contributed by atoms with Gasteiger partial charge in [0.2, 0.25) is 0 Å². The van der Waals surface area contributed by atoms with E-state index in [0.717, 1.165) is 30.0 Å². The van der Waals surface area contributed by atoms with E-state index in [2.05, 4.69) is 32.5 Å². The lowest BCUT2D eigenvalue weighted by molar-refractivity contribution is 0.0918. The van der Waals surface area contributed by atoms with Crippen LogP contribution < -0.4 is 15.0 Å². The molecule has 144 valence electrons. The Bertz CT molecular complexity index is 1000. The Morgan fingerprint density at radius 2 is 2.11 bits per heavy atom. The molecule has 1 saturated carbocycles. The molecule has 1 saturated heterocycles. The Morgan fingerprint density at radius 3 is 2.82 bits per heavy atom. The zero-order valence-electron chi connectivity index (χ0n) is 15.7. The Hall–Kier alpha value is -3.09. The minimum Gasteiger partial charge on any atom is -0.493 e. The number of benzene rings is 1. The maximum atomic E-state index is 12.4. The van der Waals surface area contributed by atoms with E-state index >= 15 is 0 Å².